The summed E-state index contributed by atoms with van der Waals surface area (Å²) in [6.07, 6.45) is 10.3. The molecule has 0 bridgehead atoms. The van der Waals surface area contributed by atoms with Crippen LogP contribution in [-0.2, 0) is 0 Å². The van der Waals surface area contributed by atoms with Gasteiger partial charge in [-0.05, 0) is 50.6 Å². The molecule has 2 aliphatic carbocycles. The fourth-order valence-corrected chi connectivity index (χ4v) is 3.18. The molecule has 0 heterocycles. The Hall–Kier alpha value is -0.0800. The van der Waals surface area contributed by atoms with Gasteiger partial charge in [0, 0.05) is 19.6 Å². The summed E-state index contributed by atoms with van der Waals surface area (Å²) in [6, 6.07) is 0. The Morgan fingerprint density at radius 3 is 2.29 bits per heavy atom. The lowest BCUT2D eigenvalue weighted by atomic mass is 9.85. The molecular formula is C15H30N2. The molecule has 0 spiro atoms. The fraction of sp³-hybridized carbons (Fsp3) is 1.00. The van der Waals surface area contributed by atoms with Crippen LogP contribution >= 0.6 is 0 Å². The molecule has 0 aromatic rings. The van der Waals surface area contributed by atoms with Gasteiger partial charge in [-0.1, -0.05) is 26.2 Å². The number of hydrogen-bond acceptors (Lipinski definition) is 2. The third-order valence-corrected chi connectivity index (χ3v) is 4.70. The first-order chi connectivity index (χ1) is 8.38. The van der Waals surface area contributed by atoms with Crippen LogP contribution in [0.25, 0.3) is 0 Å². The Morgan fingerprint density at radius 1 is 1.00 bits per heavy atom. The molecule has 0 radical (unpaired) electrons. The van der Waals surface area contributed by atoms with Gasteiger partial charge in [0.2, 0.25) is 0 Å². The topological polar surface area (TPSA) is 15.3 Å². The van der Waals surface area contributed by atoms with Gasteiger partial charge in [0.25, 0.3) is 0 Å². The minimum Gasteiger partial charge on any atom is -0.315 e. The standard InChI is InChI=1S/C15H30N2/c1-2-17(13-15-8-5-9-15)11-10-16-12-14-6-3-4-7-14/h14-16H,2-13H2,1H3. The van der Waals surface area contributed by atoms with Crippen LogP contribution in [0.1, 0.15) is 51.9 Å². The Balaban J connectivity index is 1.49. The minimum atomic E-state index is 0.983. The number of nitrogens with one attached hydrogen (secondary N) is 1. The van der Waals surface area contributed by atoms with Crippen molar-refractivity contribution in [2.45, 2.75) is 51.9 Å². The second-order valence-corrected chi connectivity index (χ2v) is 6.04. The van der Waals surface area contributed by atoms with Crippen LogP contribution in [0.4, 0.5) is 0 Å². The van der Waals surface area contributed by atoms with E-state index in [0.717, 1.165) is 11.8 Å². The van der Waals surface area contributed by atoms with Crippen molar-refractivity contribution in [2.24, 2.45) is 11.8 Å². The highest BCUT2D eigenvalue weighted by Gasteiger charge is 2.19. The summed E-state index contributed by atoms with van der Waals surface area (Å²) < 4.78 is 0. The molecule has 0 aromatic carbocycles. The highest BCUT2D eigenvalue weighted by atomic mass is 15.1. The molecule has 2 saturated carbocycles. The Morgan fingerprint density at radius 2 is 1.71 bits per heavy atom. The van der Waals surface area contributed by atoms with Crippen LogP contribution in [0, 0.1) is 11.8 Å². The molecule has 17 heavy (non-hydrogen) atoms. The van der Waals surface area contributed by atoms with E-state index in [2.05, 4.69) is 17.1 Å². The third kappa shape index (κ3) is 4.59. The van der Waals surface area contributed by atoms with Crippen LogP contribution in [0.5, 0.6) is 0 Å². The molecule has 2 aliphatic rings. The Labute approximate surface area is 107 Å². The average molecular weight is 238 g/mol. The second-order valence-electron chi connectivity index (χ2n) is 6.04. The van der Waals surface area contributed by atoms with E-state index in [1.807, 2.05) is 0 Å². The average Bonchev–Trinajstić information content (AvgIpc) is 2.78. The van der Waals surface area contributed by atoms with Gasteiger partial charge in [0.05, 0.1) is 0 Å². The monoisotopic (exact) mass is 238 g/mol. The Bertz CT molecular complexity index is 195. The van der Waals surface area contributed by atoms with Crippen molar-refractivity contribution in [3.8, 4) is 0 Å². The Kier molecular flexibility index (Phi) is 5.79. The molecule has 2 fully saturated rings. The molecule has 100 valence electrons. The van der Waals surface area contributed by atoms with Crippen LogP contribution in [-0.4, -0.2) is 37.6 Å². The summed E-state index contributed by atoms with van der Waals surface area (Å²) in [6.45, 7) is 8.58. The van der Waals surface area contributed by atoms with Crippen molar-refractivity contribution >= 4 is 0 Å². The van der Waals surface area contributed by atoms with E-state index < -0.39 is 0 Å². The van der Waals surface area contributed by atoms with E-state index in [0.29, 0.717) is 0 Å². The first-order valence-corrected chi connectivity index (χ1v) is 7.81. The van der Waals surface area contributed by atoms with E-state index >= 15 is 0 Å². The minimum absolute atomic E-state index is 0.983. The zero-order chi connectivity index (χ0) is 11.9. The summed E-state index contributed by atoms with van der Waals surface area (Å²) in [4.78, 5) is 2.63. The molecule has 2 nitrogen and oxygen atoms in total. The number of nitrogens with zero attached hydrogens (tertiary/aromatic N) is 1. The SMILES string of the molecule is CCN(CCNCC1CCCC1)CC1CCC1. The number of rotatable bonds is 8. The maximum atomic E-state index is 3.66. The smallest absolute Gasteiger partial charge is 0.0107 e. The summed E-state index contributed by atoms with van der Waals surface area (Å²) in [7, 11) is 0. The second kappa shape index (κ2) is 7.38. The van der Waals surface area contributed by atoms with E-state index in [9.17, 15) is 0 Å². The molecule has 0 amide bonds. The number of hydrogen-bond donors (Lipinski definition) is 1. The van der Waals surface area contributed by atoms with E-state index in [4.69, 9.17) is 0 Å². The molecule has 2 heteroatoms. The van der Waals surface area contributed by atoms with E-state index in [-0.39, 0.29) is 0 Å². The van der Waals surface area contributed by atoms with E-state index in [1.165, 1.54) is 77.7 Å². The van der Waals surface area contributed by atoms with Crippen LogP contribution in [0.2, 0.25) is 0 Å². The first kappa shape index (κ1) is 13.4. The van der Waals surface area contributed by atoms with Gasteiger partial charge >= 0.3 is 0 Å². The molecule has 0 saturated heterocycles. The van der Waals surface area contributed by atoms with Crippen molar-refractivity contribution in [2.75, 3.05) is 32.7 Å². The van der Waals surface area contributed by atoms with Gasteiger partial charge in [0.15, 0.2) is 0 Å². The quantitative estimate of drug-likeness (QED) is 0.654. The van der Waals surface area contributed by atoms with Crippen molar-refractivity contribution in [3.63, 3.8) is 0 Å². The van der Waals surface area contributed by atoms with Gasteiger partial charge in [-0.2, -0.15) is 0 Å². The van der Waals surface area contributed by atoms with Crippen LogP contribution in [0.3, 0.4) is 0 Å². The third-order valence-electron chi connectivity index (χ3n) is 4.70. The highest BCUT2D eigenvalue weighted by molar-refractivity contribution is 4.74. The van der Waals surface area contributed by atoms with Gasteiger partial charge in [-0.15, -0.1) is 0 Å². The normalized spacial score (nSPS) is 22.2. The predicted molar refractivity (Wildman–Crippen MR) is 74.3 cm³/mol. The zero-order valence-corrected chi connectivity index (χ0v) is 11.6. The van der Waals surface area contributed by atoms with E-state index in [1.54, 1.807) is 0 Å². The van der Waals surface area contributed by atoms with Crippen molar-refractivity contribution in [1.82, 2.24) is 10.2 Å². The molecule has 0 aliphatic heterocycles. The van der Waals surface area contributed by atoms with Crippen LogP contribution < -0.4 is 5.32 Å². The van der Waals surface area contributed by atoms with Crippen LogP contribution in [0.15, 0.2) is 0 Å². The lowest BCUT2D eigenvalue weighted by Crippen LogP contribution is -2.38. The lowest BCUT2D eigenvalue weighted by Gasteiger charge is -2.31. The first-order valence-electron chi connectivity index (χ1n) is 7.81. The highest BCUT2D eigenvalue weighted by Crippen LogP contribution is 2.27. The lowest BCUT2D eigenvalue weighted by molar-refractivity contribution is 0.184. The maximum Gasteiger partial charge on any atom is 0.0107 e. The summed E-state index contributed by atoms with van der Waals surface area (Å²) in [5, 5.41) is 3.66. The molecule has 2 rings (SSSR count). The van der Waals surface area contributed by atoms with Crippen molar-refractivity contribution < 1.29 is 0 Å². The van der Waals surface area contributed by atoms with Crippen molar-refractivity contribution in [3.05, 3.63) is 0 Å². The van der Waals surface area contributed by atoms with Gasteiger partial charge in [-0.3, -0.25) is 0 Å². The molecule has 0 unspecified atom stereocenters. The molecular weight excluding hydrogens is 208 g/mol. The molecule has 0 aromatic heterocycles. The van der Waals surface area contributed by atoms with Gasteiger partial charge < -0.3 is 10.2 Å². The zero-order valence-electron chi connectivity index (χ0n) is 11.6. The summed E-state index contributed by atoms with van der Waals surface area (Å²) >= 11 is 0. The van der Waals surface area contributed by atoms with Gasteiger partial charge in [0.1, 0.15) is 0 Å². The predicted octanol–water partition coefficient (Wildman–Crippen LogP) is 2.89. The number of likely N-dealkylation sites (N-methyl/N-ethyl adjacent to an activating group) is 1. The fourth-order valence-electron chi connectivity index (χ4n) is 3.18. The maximum absolute atomic E-state index is 3.66. The largest absolute Gasteiger partial charge is 0.315 e. The molecule has 1 N–H and O–H groups in total. The summed E-state index contributed by atoms with van der Waals surface area (Å²) in [5.41, 5.74) is 0. The summed E-state index contributed by atoms with van der Waals surface area (Å²) in [5.74, 6) is 2.00. The van der Waals surface area contributed by atoms with Crippen molar-refractivity contribution in [1.29, 1.82) is 0 Å². The van der Waals surface area contributed by atoms with Gasteiger partial charge in [-0.25, -0.2) is 0 Å². The molecule has 0 atom stereocenters.